The fourth-order valence-corrected chi connectivity index (χ4v) is 6.20. The zero-order chi connectivity index (χ0) is 44.9. The van der Waals surface area contributed by atoms with Crippen molar-refractivity contribution in [2.24, 2.45) is 0 Å². The molecule has 0 saturated carbocycles. The van der Waals surface area contributed by atoms with E-state index in [9.17, 15) is 19.5 Å². The molecular formula is C52H89NO8. The first-order chi connectivity index (χ1) is 29.6. The molecule has 0 fully saturated rings. The molecule has 0 bridgehead atoms. The molecule has 0 aromatic rings. The number of carboxylic acids is 1. The molecule has 0 heterocycles. The number of quaternary nitrogens is 1. The van der Waals surface area contributed by atoms with Gasteiger partial charge in [0.2, 0.25) is 0 Å². The number of likely N-dealkylation sites (N-methyl/N-ethyl adjacent to an activating group) is 1. The minimum absolute atomic E-state index is 0.137. The van der Waals surface area contributed by atoms with E-state index >= 15 is 0 Å². The van der Waals surface area contributed by atoms with Crippen molar-refractivity contribution in [2.75, 3.05) is 47.5 Å². The lowest BCUT2D eigenvalue weighted by atomic mass is 10.1. The Morgan fingerprint density at radius 3 is 1.43 bits per heavy atom. The summed E-state index contributed by atoms with van der Waals surface area (Å²) in [5, 5.41) is 11.7. The first kappa shape index (κ1) is 57.7. The molecule has 0 spiro atoms. The number of ether oxygens (including phenoxy) is 4. The van der Waals surface area contributed by atoms with E-state index in [0.717, 1.165) is 83.5 Å². The van der Waals surface area contributed by atoms with Crippen LogP contribution in [0.1, 0.15) is 181 Å². The second kappa shape index (κ2) is 43.4. The van der Waals surface area contributed by atoms with Crippen LogP contribution in [0.2, 0.25) is 0 Å². The molecule has 0 rings (SSSR count). The summed E-state index contributed by atoms with van der Waals surface area (Å²) in [6.45, 7) is 4.57. The molecular weight excluding hydrogens is 767 g/mol. The number of allylic oxidation sites excluding steroid dienone is 12. The van der Waals surface area contributed by atoms with Crippen molar-refractivity contribution in [3.63, 3.8) is 0 Å². The summed E-state index contributed by atoms with van der Waals surface area (Å²) in [5.74, 6) is -2.34. The molecule has 350 valence electrons. The maximum absolute atomic E-state index is 12.8. The molecule has 0 radical (unpaired) electrons. The fourth-order valence-electron chi connectivity index (χ4n) is 6.20. The first-order valence-corrected chi connectivity index (χ1v) is 24.1. The van der Waals surface area contributed by atoms with Crippen molar-refractivity contribution >= 4 is 17.9 Å². The predicted octanol–water partition coefficient (Wildman–Crippen LogP) is 11.8. The number of carbonyl (C=O) groups is 3. The Hall–Kier alpha value is -3.27. The smallest absolute Gasteiger partial charge is 0.306 e. The Balaban J connectivity index is 4.48. The number of unbranched alkanes of at least 4 members (excludes halogenated alkanes) is 16. The topological polar surface area (TPSA) is 111 Å². The highest BCUT2D eigenvalue weighted by Crippen LogP contribution is 2.13. The largest absolute Gasteiger partial charge is 0.545 e. The number of aliphatic carboxylic acids is 1. The Labute approximate surface area is 373 Å². The highest BCUT2D eigenvalue weighted by atomic mass is 16.7. The van der Waals surface area contributed by atoms with Gasteiger partial charge in [0, 0.05) is 12.8 Å². The number of carbonyl (C=O) groups excluding carboxylic acids is 3. The lowest BCUT2D eigenvalue weighted by Crippen LogP contribution is -2.44. The normalized spacial score (nSPS) is 13.5. The number of nitrogens with zero attached hydrogens (tertiary/aromatic N) is 1. The van der Waals surface area contributed by atoms with E-state index in [1.54, 1.807) is 0 Å². The maximum atomic E-state index is 12.8. The van der Waals surface area contributed by atoms with Gasteiger partial charge in [-0.15, -0.1) is 0 Å². The minimum Gasteiger partial charge on any atom is -0.545 e. The molecule has 0 aromatic carbocycles. The summed E-state index contributed by atoms with van der Waals surface area (Å²) in [4.78, 5) is 37.1. The summed E-state index contributed by atoms with van der Waals surface area (Å²) in [7, 11) is 5.89. The van der Waals surface area contributed by atoms with Crippen molar-refractivity contribution in [3.05, 3.63) is 72.9 Å². The van der Waals surface area contributed by atoms with Gasteiger partial charge in [-0.2, -0.15) is 0 Å². The van der Waals surface area contributed by atoms with Gasteiger partial charge in [0.1, 0.15) is 13.2 Å². The molecule has 2 unspecified atom stereocenters. The average molecular weight is 856 g/mol. The van der Waals surface area contributed by atoms with Crippen LogP contribution < -0.4 is 5.11 Å². The summed E-state index contributed by atoms with van der Waals surface area (Å²) in [6, 6.07) is 0. The molecule has 9 nitrogen and oxygen atoms in total. The van der Waals surface area contributed by atoms with E-state index < -0.39 is 24.3 Å². The Morgan fingerprint density at radius 2 is 0.934 bits per heavy atom. The third-order valence-corrected chi connectivity index (χ3v) is 9.94. The van der Waals surface area contributed by atoms with E-state index in [4.69, 9.17) is 18.9 Å². The molecule has 0 N–H and O–H groups in total. The molecule has 61 heavy (non-hydrogen) atoms. The van der Waals surface area contributed by atoms with Gasteiger partial charge in [0.15, 0.2) is 12.4 Å². The number of rotatable bonds is 43. The molecule has 2 atom stereocenters. The minimum atomic E-state index is -1.63. The Bertz CT molecular complexity index is 1230. The van der Waals surface area contributed by atoms with Crippen molar-refractivity contribution < 1.29 is 42.9 Å². The van der Waals surface area contributed by atoms with Crippen LogP contribution >= 0.6 is 0 Å². The molecule has 0 amide bonds. The standard InChI is InChI=1S/C52H89NO8/c1-6-8-10-12-14-16-18-20-22-24-25-27-29-31-33-35-37-39-41-43-50(55)61-48(47-60-52(51(56)57)58-45-44-53(3,4)5)46-59-49(54)42-40-38-36-34-32-30-28-26-23-21-19-17-15-13-11-9-7-2/h8,10,14,16,20-23,25,27,31,33,48,52H,6-7,9,11-13,15,17-19,24,26,28-30,32,34-47H2,1-5H3/b10-8-,16-14-,22-20-,23-21-,27-25-,33-31-. The Morgan fingerprint density at radius 1 is 0.508 bits per heavy atom. The van der Waals surface area contributed by atoms with Crippen LogP contribution in [0.25, 0.3) is 0 Å². The number of esters is 2. The monoisotopic (exact) mass is 856 g/mol. The van der Waals surface area contributed by atoms with E-state index in [-0.39, 0.29) is 38.6 Å². The van der Waals surface area contributed by atoms with Crippen LogP contribution in [-0.2, 0) is 33.3 Å². The molecule has 0 saturated heterocycles. The zero-order valence-corrected chi connectivity index (χ0v) is 39.5. The van der Waals surface area contributed by atoms with Gasteiger partial charge in [0.25, 0.3) is 0 Å². The van der Waals surface area contributed by atoms with Crippen LogP contribution in [-0.4, -0.2) is 82.3 Å². The van der Waals surface area contributed by atoms with Gasteiger partial charge in [-0.3, -0.25) is 9.59 Å². The lowest BCUT2D eigenvalue weighted by molar-refractivity contribution is -0.870. The molecule has 0 aromatic heterocycles. The number of hydrogen-bond donors (Lipinski definition) is 0. The predicted molar refractivity (Wildman–Crippen MR) is 251 cm³/mol. The van der Waals surface area contributed by atoms with Gasteiger partial charge >= 0.3 is 11.9 Å². The van der Waals surface area contributed by atoms with Gasteiger partial charge in [0.05, 0.1) is 40.3 Å². The summed E-state index contributed by atoms with van der Waals surface area (Å²) >= 11 is 0. The Kier molecular flexibility index (Phi) is 41.1. The third kappa shape index (κ3) is 44.6. The highest BCUT2D eigenvalue weighted by molar-refractivity contribution is 5.70. The van der Waals surface area contributed by atoms with Crippen molar-refractivity contribution in [1.82, 2.24) is 0 Å². The van der Waals surface area contributed by atoms with E-state index in [1.165, 1.54) is 64.2 Å². The highest BCUT2D eigenvalue weighted by Gasteiger charge is 2.21. The first-order valence-electron chi connectivity index (χ1n) is 24.1. The van der Waals surface area contributed by atoms with Crippen molar-refractivity contribution in [3.8, 4) is 0 Å². The van der Waals surface area contributed by atoms with E-state index in [2.05, 4.69) is 86.8 Å². The van der Waals surface area contributed by atoms with E-state index in [1.807, 2.05) is 21.1 Å². The lowest BCUT2D eigenvalue weighted by Gasteiger charge is -2.26. The third-order valence-electron chi connectivity index (χ3n) is 9.94. The number of carboxylic acid groups (broad SMARTS) is 1. The average Bonchev–Trinajstić information content (AvgIpc) is 3.22. The maximum Gasteiger partial charge on any atom is 0.306 e. The summed E-state index contributed by atoms with van der Waals surface area (Å²) in [5.41, 5.74) is 0. The second-order valence-electron chi connectivity index (χ2n) is 17.0. The molecule has 9 heteroatoms. The van der Waals surface area contributed by atoms with Gasteiger partial charge in [-0.25, -0.2) is 0 Å². The zero-order valence-electron chi connectivity index (χ0n) is 39.5. The fraction of sp³-hybridized carbons (Fsp3) is 0.712. The van der Waals surface area contributed by atoms with Crippen LogP contribution in [0.3, 0.4) is 0 Å². The molecule has 0 aliphatic rings. The second-order valence-corrected chi connectivity index (χ2v) is 17.0. The van der Waals surface area contributed by atoms with Gasteiger partial charge < -0.3 is 33.3 Å². The summed E-state index contributed by atoms with van der Waals surface area (Å²) < 4.78 is 22.5. The van der Waals surface area contributed by atoms with E-state index in [0.29, 0.717) is 17.4 Å². The van der Waals surface area contributed by atoms with Gasteiger partial charge in [-0.1, -0.05) is 157 Å². The van der Waals surface area contributed by atoms with Crippen molar-refractivity contribution in [1.29, 1.82) is 0 Å². The van der Waals surface area contributed by atoms with Crippen LogP contribution in [0, 0.1) is 0 Å². The van der Waals surface area contributed by atoms with Crippen molar-refractivity contribution in [2.45, 2.75) is 193 Å². The van der Waals surface area contributed by atoms with Gasteiger partial charge in [-0.05, 0) is 83.5 Å². The molecule has 0 aliphatic carbocycles. The van der Waals surface area contributed by atoms with Crippen LogP contribution in [0.5, 0.6) is 0 Å². The van der Waals surface area contributed by atoms with Crippen LogP contribution in [0.15, 0.2) is 72.9 Å². The van der Waals surface area contributed by atoms with Crippen LogP contribution in [0.4, 0.5) is 0 Å². The quantitative estimate of drug-likeness (QED) is 0.0196. The number of hydrogen-bond acceptors (Lipinski definition) is 8. The SMILES string of the molecule is CC/C=C\C/C=C\C/C=C\C/C=C\C/C=C\CCCCCC(=O)OC(COC(=O)CCCCCCCCC/C=C\CCCCCCCC)COC(OCC[N+](C)(C)C)C(=O)[O-]. The molecule has 0 aliphatic heterocycles. The summed E-state index contributed by atoms with van der Waals surface area (Å²) in [6.07, 6.45) is 50.7.